The minimum absolute atomic E-state index is 0.174. The fourth-order valence-electron chi connectivity index (χ4n) is 1.59. The number of rotatable bonds is 7. The third kappa shape index (κ3) is 4.75. The predicted octanol–water partition coefficient (Wildman–Crippen LogP) is 3.11. The summed E-state index contributed by atoms with van der Waals surface area (Å²) in [6.07, 6.45) is -0.174. The van der Waals surface area contributed by atoms with Crippen LogP contribution in [0.1, 0.15) is 25.0 Å². The van der Waals surface area contributed by atoms with Gasteiger partial charge in [-0.25, -0.2) is 0 Å². The molecule has 0 saturated carbocycles. The number of hydrogen-bond acceptors (Lipinski definition) is 3. The first kappa shape index (κ1) is 14.0. The lowest BCUT2D eigenvalue weighted by molar-refractivity contribution is -0.126. The molecule has 1 rings (SSSR count). The Morgan fingerprint density at radius 3 is 2.24 bits per heavy atom. The molecule has 0 aliphatic carbocycles. The maximum Gasteiger partial charge on any atom is 0.174 e. The zero-order valence-corrected chi connectivity index (χ0v) is 11.2. The van der Waals surface area contributed by atoms with E-state index in [2.05, 4.69) is 37.4 Å². The SMILES string of the molecule is CCOC(CNc1ccc(C)c(C)c1)OCC. The highest BCUT2D eigenvalue weighted by atomic mass is 16.7. The second kappa shape index (κ2) is 7.30. The Labute approximate surface area is 104 Å². The summed E-state index contributed by atoms with van der Waals surface area (Å²) in [5, 5.41) is 3.33. The van der Waals surface area contributed by atoms with Gasteiger partial charge in [-0.2, -0.15) is 0 Å². The quantitative estimate of drug-likeness (QED) is 0.739. The number of ether oxygens (including phenoxy) is 2. The van der Waals surface area contributed by atoms with Crippen LogP contribution in [0.25, 0.3) is 0 Å². The van der Waals surface area contributed by atoms with Crippen molar-refractivity contribution < 1.29 is 9.47 Å². The third-order valence-corrected chi connectivity index (χ3v) is 2.68. The highest BCUT2D eigenvalue weighted by Gasteiger charge is 2.07. The van der Waals surface area contributed by atoms with Gasteiger partial charge in [0.1, 0.15) is 0 Å². The fraction of sp³-hybridized carbons (Fsp3) is 0.571. The van der Waals surface area contributed by atoms with Crippen molar-refractivity contribution in [3.63, 3.8) is 0 Å². The molecule has 0 heterocycles. The van der Waals surface area contributed by atoms with Gasteiger partial charge >= 0.3 is 0 Å². The molecule has 0 atom stereocenters. The van der Waals surface area contributed by atoms with Gasteiger partial charge in [-0.1, -0.05) is 6.07 Å². The zero-order valence-electron chi connectivity index (χ0n) is 11.2. The van der Waals surface area contributed by atoms with E-state index in [1.807, 2.05) is 13.8 Å². The van der Waals surface area contributed by atoms with E-state index in [1.54, 1.807) is 0 Å². The van der Waals surface area contributed by atoms with Crippen LogP contribution in [0.5, 0.6) is 0 Å². The Morgan fingerprint density at radius 2 is 1.71 bits per heavy atom. The molecule has 0 saturated heterocycles. The standard InChI is InChI=1S/C14H23NO2/c1-5-16-14(17-6-2)10-15-13-8-7-11(3)12(4)9-13/h7-9,14-15H,5-6,10H2,1-4H3. The molecular formula is C14H23NO2. The Bertz CT molecular complexity index is 333. The van der Waals surface area contributed by atoms with E-state index in [0.29, 0.717) is 19.8 Å². The molecule has 1 aromatic rings. The van der Waals surface area contributed by atoms with Crippen LogP contribution in [0.2, 0.25) is 0 Å². The van der Waals surface area contributed by atoms with Crippen LogP contribution < -0.4 is 5.32 Å². The molecule has 3 nitrogen and oxygen atoms in total. The molecule has 96 valence electrons. The lowest BCUT2D eigenvalue weighted by Gasteiger charge is -2.18. The van der Waals surface area contributed by atoms with Gasteiger partial charge in [-0.3, -0.25) is 0 Å². The number of aryl methyl sites for hydroxylation is 2. The Morgan fingerprint density at radius 1 is 1.06 bits per heavy atom. The minimum Gasteiger partial charge on any atom is -0.380 e. The summed E-state index contributed by atoms with van der Waals surface area (Å²) in [5.41, 5.74) is 3.71. The van der Waals surface area contributed by atoms with E-state index in [-0.39, 0.29) is 6.29 Å². The van der Waals surface area contributed by atoms with E-state index >= 15 is 0 Å². The summed E-state index contributed by atoms with van der Waals surface area (Å²) < 4.78 is 10.9. The average molecular weight is 237 g/mol. The molecule has 0 amide bonds. The highest BCUT2D eigenvalue weighted by molar-refractivity contribution is 5.48. The third-order valence-electron chi connectivity index (χ3n) is 2.68. The first-order valence-electron chi connectivity index (χ1n) is 6.21. The largest absolute Gasteiger partial charge is 0.380 e. The van der Waals surface area contributed by atoms with E-state index in [0.717, 1.165) is 5.69 Å². The molecule has 1 aromatic carbocycles. The number of hydrogen-bond donors (Lipinski definition) is 1. The maximum absolute atomic E-state index is 5.47. The molecule has 0 aromatic heterocycles. The van der Waals surface area contributed by atoms with Crippen LogP contribution in [0.4, 0.5) is 5.69 Å². The Kier molecular flexibility index (Phi) is 6.01. The van der Waals surface area contributed by atoms with Gasteiger partial charge in [-0.15, -0.1) is 0 Å². The summed E-state index contributed by atoms with van der Waals surface area (Å²) in [6, 6.07) is 6.34. The minimum atomic E-state index is -0.174. The van der Waals surface area contributed by atoms with Crippen LogP contribution in [-0.2, 0) is 9.47 Å². The monoisotopic (exact) mass is 237 g/mol. The molecule has 0 radical (unpaired) electrons. The molecule has 0 bridgehead atoms. The second-order valence-electron chi connectivity index (χ2n) is 4.02. The molecule has 0 unspecified atom stereocenters. The predicted molar refractivity (Wildman–Crippen MR) is 71.4 cm³/mol. The summed E-state index contributed by atoms with van der Waals surface area (Å²) in [7, 11) is 0. The van der Waals surface area contributed by atoms with E-state index in [9.17, 15) is 0 Å². The molecule has 17 heavy (non-hydrogen) atoms. The van der Waals surface area contributed by atoms with Crippen molar-refractivity contribution in [3.05, 3.63) is 29.3 Å². The van der Waals surface area contributed by atoms with Crippen molar-refractivity contribution in [2.75, 3.05) is 25.1 Å². The molecular weight excluding hydrogens is 214 g/mol. The van der Waals surface area contributed by atoms with Gasteiger partial charge in [0.25, 0.3) is 0 Å². The van der Waals surface area contributed by atoms with Gasteiger partial charge < -0.3 is 14.8 Å². The molecule has 0 aliphatic rings. The first-order valence-corrected chi connectivity index (χ1v) is 6.21. The lowest BCUT2D eigenvalue weighted by atomic mass is 10.1. The first-order chi connectivity index (χ1) is 8.17. The van der Waals surface area contributed by atoms with Crippen molar-refractivity contribution in [1.29, 1.82) is 0 Å². The van der Waals surface area contributed by atoms with E-state index in [1.165, 1.54) is 11.1 Å². The number of nitrogens with one attached hydrogen (secondary N) is 1. The van der Waals surface area contributed by atoms with Crippen molar-refractivity contribution in [3.8, 4) is 0 Å². The van der Waals surface area contributed by atoms with Gasteiger partial charge in [0.15, 0.2) is 6.29 Å². The van der Waals surface area contributed by atoms with Crippen LogP contribution in [0.3, 0.4) is 0 Å². The molecule has 3 heteroatoms. The molecule has 0 spiro atoms. The van der Waals surface area contributed by atoms with Crippen LogP contribution >= 0.6 is 0 Å². The summed E-state index contributed by atoms with van der Waals surface area (Å²) in [4.78, 5) is 0. The van der Waals surface area contributed by atoms with Gasteiger partial charge in [0.2, 0.25) is 0 Å². The highest BCUT2D eigenvalue weighted by Crippen LogP contribution is 2.14. The second-order valence-corrected chi connectivity index (χ2v) is 4.02. The van der Waals surface area contributed by atoms with Crippen molar-refractivity contribution in [1.82, 2.24) is 0 Å². The average Bonchev–Trinajstić information content (AvgIpc) is 2.31. The number of anilines is 1. The lowest BCUT2D eigenvalue weighted by Crippen LogP contribution is -2.26. The van der Waals surface area contributed by atoms with Crippen molar-refractivity contribution in [2.45, 2.75) is 34.0 Å². The van der Waals surface area contributed by atoms with Crippen molar-refractivity contribution >= 4 is 5.69 Å². The topological polar surface area (TPSA) is 30.5 Å². The molecule has 0 aliphatic heterocycles. The molecule has 1 N–H and O–H groups in total. The van der Waals surface area contributed by atoms with Crippen LogP contribution in [0, 0.1) is 13.8 Å². The summed E-state index contributed by atoms with van der Waals surface area (Å²) in [6.45, 7) is 10.2. The molecule has 0 fully saturated rings. The van der Waals surface area contributed by atoms with Crippen LogP contribution in [-0.4, -0.2) is 26.0 Å². The van der Waals surface area contributed by atoms with Crippen molar-refractivity contribution in [2.24, 2.45) is 0 Å². The number of benzene rings is 1. The summed E-state index contributed by atoms with van der Waals surface area (Å²) in [5.74, 6) is 0. The Hall–Kier alpha value is -1.06. The fourth-order valence-corrected chi connectivity index (χ4v) is 1.59. The maximum atomic E-state index is 5.47. The summed E-state index contributed by atoms with van der Waals surface area (Å²) >= 11 is 0. The Balaban J connectivity index is 2.49. The van der Waals surface area contributed by atoms with Gasteiger partial charge in [0.05, 0.1) is 6.54 Å². The van der Waals surface area contributed by atoms with Gasteiger partial charge in [-0.05, 0) is 51.0 Å². The zero-order chi connectivity index (χ0) is 12.7. The smallest absolute Gasteiger partial charge is 0.174 e. The van der Waals surface area contributed by atoms with E-state index < -0.39 is 0 Å². The van der Waals surface area contributed by atoms with Gasteiger partial charge in [0, 0.05) is 18.9 Å². The van der Waals surface area contributed by atoms with E-state index in [4.69, 9.17) is 9.47 Å². The van der Waals surface area contributed by atoms with Crippen LogP contribution in [0.15, 0.2) is 18.2 Å². The normalized spacial score (nSPS) is 10.9.